The van der Waals surface area contributed by atoms with E-state index in [1.807, 2.05) is 39.4 Å². The molecule has 2 aromatic rings. The molecule has 0 aliphatic rings. The van der Waals surface area contributed by atoms with Crippen molar-refractivity contribution >= 4 is 39.7 Å². The van der Waals surface area contributed by atoms with Gasteiger partial charge in [0.25, 0.3) is 5.56 Å². The number of halogens is 1. The third-order valence-electron chi connectivity index (χ3n) is 2.19. The van der Waals surface area contributed by atoms with E-state index < -0.39 is 6.10 Å². The number of rotatable bonds is 4. The van der Waals surface area contributed by atoms with Crippen LogP contribution < -0.4 is 10.9 Å². The molecule has 0 spiro atoms. The predicted octanol–water partition coefficient (Wildman–Crippen LogP) is 1.58. The number of hydrogen-bond acceptors (Lipinski definition) is 5. The van der Waals surface area contributed by atoms with Crippen LogP contribution in [0.25, 0.3) is 0 Å². The Morgan fingerprint density at radius 3 is 3.18 bits per heavy atom. The molecule has 0 aliphatic carbocycles. The zero-order valence-corrected chi connectivity index (χ0v) is 11.7. The summed E-state index contributed by atoms with van der Waals surface area (Å²) in [6, 6.07) is 1.87. The van der Waals surface area contributed by atoms with Crippen molar-refractivity contribution in [1.29, 1.82) is 0 Å². The van der Waals surface area contributed by atoms with Crippen molar-refractivity contribution in [2.24, 2.45) is 0 Å². The first-order valence-electron chi connectivity index (χ1n) is 4.85. The van der Waals surface area contributed by atoms with Crippen LogP contribution in [0.1, 0.15) is 11.7 Å². The minimum Gasteiger partial charge on any atom is -0.387 e. The summed E-state index contributed by atoms with van der Waals surface area (Å²) in [6.45, 7) is 0.323. The van der Waals surface area contributed by atoms with Crippen molar-refractivity contribution in [3.63, 3.8) is 0 Å². The molecule has 2 aromatic heterocycles. The van der Waals surface area contributed by atoms with Crippen LogP contribution in [0, 0.1) is 3.57 Å². The zero-order chi connectivity index (χ0) is 12.3. The average molecular weight is 363 g/mol. The summed E-state index contributed by atoms with van der Waals surface area (Å²) in [6.07, 6.45) is 0.738. The lowest BCUT2D eigenvalue weighted by Gasteiger charge is -2.11. The Labute approximate surface area is 115 Å². The first kappa shape index (κ1) is 12.5. The number of nitrogens with zero attached hydrogens (tertiary/aromatic N) is 1. The number of nitrogens with one attached hydrogen (secondary N) is 2. The van der Waals surface area contributed by atoms with Crippen molar-refractivity contribution in [2.75, 3.05) is 11.9 Å². The molecule has 7 heteroatoms. The van der Waals surface area contributed by atoms with Crippen LogP contribution in [-0.2, 0) is 0 Å². The smallest absolute Gasteiger partial charge is 0.266 e. The summed E-state index contributed by atoms with van der Waals surface area (Å²) >= 11 is 3.45. The molecule has 0 bridgehead atoms. The zero-order valence-electron chi connectivity index (χ0n) is 8.68. The molecule has 2 rings (SSSR count). The van der Waals surface area contributed by atoms with Crippen LogP contribution in [-0.4, -0.2) is 21.6 Å². The molecule has 17 heavy (non-hydrogen) atoms. The number of aliphatic hydroxyl groups is 1. The van der Waals surface area contributed by atoms with Gasteiger partial charge in [0.1, 0.15) is 9.39 Å². The van der Waals surface area contributed by atoms with Crippen LogP contribution in [0.5, 0.6) is 0 Å². The van der Waals surface area contributed by atoms with Gasteiger partial charge in [-0.05, 0) is 45.0 Å². The minimum absolute atomic E-state index is 0.187. The van der Waals surface area contributed by atoms with Gasteiger partial charge in [0, 0.05) is 6.54 Å². The number of hydrogen-bond donors (Lipinski definition) is 3. The number of aromatic amines is 1. The molecule has 90 valence electrons. The molecule has 1 unspecified atom stereocenters. The molecule has 0 saturated carbocycles. The molecule has 0 radical (unpaired) electrons. The lowest BCUT2D eigenvalue weighted by molar-refractivity contribution is 0.192. The first-order chi connectivity index (χ1) is 8.18. The highest BCUT2D eigenvalue weighted by molar-refractivity contribution is 14.1. The maximum Gasteiger partial charge on any atom is 0.266 e. The van der Waals surface area contributed by atoms with E-state index in [-0.39, 0.29) is 5.56 Å². The van der Waals surface area contributed by atoms with E-state index in [1.54, 1.807) is 0 Å². The molecule has 2 heterocycles. The fourth-order valence-electron chi connectivity index (χ4n) is 1.28. The normalized spacial score (nSPS) is 12.4. The molecule has 0 saturated heterocycles. The van der Waals surface area contributed by atoms with Gasteiger partial charge in [-0.25, -0.2) is 4.98 Å². The molecule has 5 nitrogen and oxygen atoms in total. The Morgan fingerprint density at radius 1 is 1.65 bits per heavy atom. The maximum absolute atomic E-state index is 11.3. The predicted molar refractivity (Wildman–Crippen MR) is 75.3 cm³/mol. The van der Waals surface area contributed by atoms with E-state index in [1.165, 1.54) is 17.7 Å². The van der Waals surface area contributed by atoms with Gasteiger partial charge >= 0.3 is 0 Å². The Bertz CT molecular complexity index is 541. The Hall–Kier alpha value is -0.930. The van der Waals surface area contributed by atoms with Gasteiger partial charge < -0.3 is 15.4 Å². The number of thiophene rings is 1. The van der Waals surface area contributed by atoms with Crippen molar-refractivity contribution in [3.8, 4) is 0 Å². The van der Waals surface area contributed by atoms with Crippen LogP contribution >= 0.6 is 33.9 Å². The summed E-state index contributed by atoms with van der Waals surface area (Å²) in [5.41, 5.74) is 0.676. The monoisotopic (exact) mass is 363 g/mol. The standard InChI is InChI=1S/C10H10IN3O2S/c11-8-9(13-5-14-10(8)16)12-3-7(15)6-1-2-17-4-6/h1-2,4-5,7,15H,3H2,(H2,12,13,14,16). The van der Waals surface area contributed by atoms with Crippen molar-refractivity contribution in [1.82, 2.24) is 9.97 Å². The largest absolute Gasteiger partial charge is 0.387 e. The molecule has 0 aliphatic heterocycles. The number of aliphatic hydroxyl groups excluding tert-OH is 1. The van der Waals surface area contributed by atoms with Crippen molar-refractivity contribution in [3.05, 3.63) is 42.6 Å². The van der Waals surface area contributed by atoms with Gasteiger partial charge in [-0.15, -0.1) is 0 Å². The Kier molecular flexibility index (Phi) is 4.13. The Balaban J connectivity index is 2.03. The molecule has 1 atom stereocenters. The third-order valence-corrected chi connectivity index (χ3v) is 3.89. The minimum atomic E-state index is -0.599. The van der Waals surface area contributed by atoms with Gasteiger partial charge in [-0.3, -0.25) is 4.79 Å². The van der Waals surface area contributed by atoms with Crippen LogP contribution in [0.3, 0.4) is 0 Å². The molecular weight excluding hydrogens is 353 g/mol. The summed E-state index contributed by atoms with van der Waals surface area (Å²) in [5, 5.41) is 16.6. The van der Waals surface area contributed by atoms with E-state index >= 15 is 0 Å². The second-order valence-corrected chi connectivity index (χ2v) is 5.21. The van der Waals surface area contributed by atoms with Crippen LogP contribution in [0.4, 0.5) is 5.82 Å². The highest BCUT2D eigenvalue weighted by atomic mass is 127. The fourth-order valence-corrected chi connectivity index (χ4v) is 2.47. The lowest BCUT2D eigenvalue weighted by Crippen LogP contribution is -2.18. The quantitative estimate of drug-likeness (QED) is 0.721. The van der Waals surface area contributed by atoms with E-state index in [2.05, 4.69) is 15.3 Å². The van der Waals surface area contributed by atoms with Gasteiger partial charge in [0.05, 0.1) is 12.4 Å². The van der Waals surface area contributed by atoms with Crippen molar-refractivity contribution < 1.29 is 5.11 Å². The molecular formula is C10H10IN3O2S. The second-order valence-electron chi connectivity index (χ2n) is 3.35. The third kappa shape index (κ3) is 3.05. The molecule has 0 fully saturated rings. The van der Waals surface area contributed by atoms with E-state index in [0.717, 1.165) is 5.56 Å². The number of aromatic nitrogens is 2. The average Bonchev–Trinajstić information content (AvgIpc) is 2.84. The fraction of sp³-hybridized carbons (Fsp3) is 0.200. The topological polar surface area (TPSA) is 78.0 Å². The number of H-pyrrole nitrogens is 1. The van der Waals surface area contributed by atoms with Gasteiger partial charge in [-0.1, -0.05) is 0 Å². The van der Waals surface area contributed by atoms with Crippen LogP contribution in [0.2, 0.25) is 0 Å². The second kappa shape index (κ2) is 5.61. The van der Waals surface area contributed by atoms with Gasteiger partial charge in [0.15, 0.2) is 0 Å². The summed E-state index contributed by atoms with van der Waals surface area (Å²) in [7, 11) is 0. The number of anilines is 1. The SMILES string of the molecule is O=c1[nH]cnc(NCC(O)c2ccsc2)c1I. The van der Waals surface area contributed by atoms with Gasteiger partial charge in [-0.2, -0.15) is 11.3 Å². The maximum atomic E-state index is 11.3. The van der Waals surface area contributed by atoms with E-state index in [9.17, 15) is 9.90 Å². The van der Waals surface area contributed by atoms with Crippen molar-refractivity contribution in [2.45, 2.75) is 6.10 Å². The summed E-state index contributed by atoms with van der Waals surface area (Å²) in [5.74, 6) is 0.489. The highest BCUT2D eigenvalue weighted by Crippen LogP contribution is 2.17. The van der Waals surface area contributed by atoms with E-state index in [0.29, 0.717) is 15.9 Å². The van der Waals surface area contributed by atoms with Crippen LogP contribution in [0.15, 0.2) is 27.9 Å². The first-order valence-corrected chi connectivity index (χ1v) is 6.88. The molecule has 0 amide bonds. The molecule has 0 aromatic carbocycles. The summed E-state index contributed by atoms with van der Waals surface area (Å²) < 4.78 is 0.489. The summed E-state index contributed by atoms with van der Waals surface area (Å²) in [4.78, 5) is 17.8. The lowest BCUT2D eigenvalue weighted by atomic mass is 10.2. The Morgan fingerprint density at radius 2 is 2.47 bits per heavy atom. The van der Waals surface area contributed by atoms with Gasteiger partial charge in [0.2, 0.25) is 0 Å². The molecule has 3 N–H and O–H groups in total. The van der Waals surface area contributed by atoms with E-state index in [4.69, 9.17) is 0 Å². The highest BCUT2D eigenvalue weighted by Gasteiger charge is 2.10.